The fourth-order valence-electron chi connectivity index (χ4n) is 4.03. The number of aryl methyl sites for hydroxylation is 2. The van der Waals surface area contributed by atoms with Crippen LogP contribution in [0.5, 0.6) is 0 Å². The zero-order chi connectivity index (χ0) is 17.8. The normalized spacial score (nSPS) is 18.3. The van der Waals surface area contributed by atoms with E-state index in [0.29, 0.717) is 0 Å². The van der Waals surface area contributed by atoms with Gasteiger partial charge in [0.1, 0.15) is 11.6 Å². The molecule has 0 unspecified atom stereocenters. The molecule has 138 valence electrons. The van der Waals surface area contributed by atoms with Gasteiger partial charge in [0.05, 0.1) is 0 Å². The zero-order valence-electron chi connectivity index (χ0n) is 15.3. The van der Waals surface area contributed by atoms with Crippen LogP contribution in [0.15, 0.2) is 34.8 Å². The molecule has 26 heavy (non-hydrogen) atoms. The standard InChI is InChI=1S/C21H27BrN4/c22-19-9-7-17(8-10-19)18-11-15-25(16-12-18)13-4-6-21-24-23-20-5-2-1-3-14-26(20)21/h7-11H,1-6,12-16H2. The maximum Gasteiger partial charge on any atom is 0.133 e. The Hall–Kier alpha value is -1.46. The number of nitrogens with zero attached hydrogens (tertiary/aromatic N) is 4. The van der Waals surface area contributed by atoms with Crippen LogP contribution in [0.1, 0.15) is 49.3 Å². The van der Waals surface area contributed by atoms with Crippen molar-refractivity contribution in [1.82, 2.24) is 19.7 Å². The van der Waals surface area contributed by atoms with E-state index in [1.54, 1.807) is 0 Å². The zero-order valence-corrected chi connectivity index (χ0v) is 16.9. The van der Waals surface area contributed by atoms with Gasteiger partial charge in [-0.3, -0.25) is 4.90 Å². The Labute approximate surface area is 164 Å². The third-order valence-corrected chi connectivity index (χ3v) is 6.10. The molecule has 2 aliphatic heterocycles. The molecular weight excluding hydrogens is 388 g/mol. The smallest absolute Gasteiger partial charge is 0.133 e. The van der Waals surface area contributed by atoms with Crippen LogP contribution in [0, 0.1) is 0 Å². The second kappa shape index (κ2) is 8.49. The summed E-state index contributed by atoms with van der Waals surface area (Å²) in [6.45, 7) is 4.47. The third-order valence-electron chi connectivity index (χ3n) is 5.57. The quantitative estimate of drug-likeness (QED) is 0.722. The van der Waals surface area contributed by atoms with Gasteiger partial charge >= 0.3 is 0 Å². The first-order chi connectivity index (χ1) is 12.8. The first-order valence-electron chi connectivity index (χ1n) is 9.88. The van der Waals surface area contributed by atoms with Crippen molar-refractivity contribution in [3.63, 3.8) is 0 Å². The van der Waals surface area contributed by atoms with Crippen molar-refractivity contribution in [2.24, 2.45) is 0 Å². The maximum absolute atomic E-state index is 4.46. The minimum atomic E-state index is 1.05. The van der Waals surface area contributed by atoms with Crippen LogP contribution in [-0.2, 0) is 19.4 Å². The van der Waals surface area contributed by atoms with Crippen molar-refractivity contribution in [3.8, 4) is 0 Å². The van der Waals surface area contributed by atoms with Gasteiger partial charge in [-0.15, -0.1) is 10.2 Å². The van der Waals surface area contributed by atoms with E-state index >= 15 is 0 Å². The highest BCUT2D eigenvalue weighted by Crippen LogP contribution is 2.24. The Bertz CT molecular complexity index is 763. The molecule has 0 bridgehead atoms. The fourth-order valence-corrected chi connectivity index (χ4v) is 4.30. The van der Waals surface area contributed by atoms with Crippen molar-refractivity contribution >= 4 is 21.5 Å². The maximum atomic E-state index is 4.46. The average molecular weight is 415 g/mol. The highest BCUT2D eigenvalue weighted by atomic mass is 79.9. The van der Waals surface area contributed by atoms with E-state index in [-0.39, 0.29) is 0 Å². The second-order valence-corrected chi connectivity index (χ2v) is 8.30. The summed E-state index contributed by atoms with van der Waals surface area (Å²) in [6, 6.07) is 8.68. The van der Waals surface area contributed by atoms with Gasteiger partial charge in [0.15, 0.2) is 0 Å². The van der Waals surface area contributed by atoms with Gasteiger partial charge in [-0.2, -0.15) is 0 Å². The number of rotatable bonds is 5. The number of benzene rings is 1. The Morgan fingerprint density at radius 2 is 1.85 bits per heavy atom. The van der Waals surface area contributed by atoms with Crippen molar-refractivity contribution < 1.29 is 0 Å². The monoisotopic (exact) mass is 414 g/mol. The molecule has 2 aliphatic rings. The molecule has 0 radical (unpaired) electrons. The fraction of sp³-hybridized carbons (Fsp3) is 0.524. The van der Waals surface area contributed by atoms with Gasteiger partial charge in [-0.25, -0.2) is 0 Å². The Morgan fingerprint density at radius 1 is 0.962 bits per heavy atom. The van der Waals surface area contributed by atoms with E-state index in [2.05, 4.69) is 65.9 Å². The van der Waals surface area contributed by atoms with E-state index in [1.807, 2.05) is 0 Å². The lowest BCUT2D eigenvalue weighted by atomic mass is 9.99. The third kappa shape index (κ3) is 4.26. The van der Waals surface area contributed by atoms with Crippen molar-refractivity contribution in [3.05, 3.63) is 52.0 Å². The summed E-state index contributed by atoms with van der Waals surface area (Å²) in [5.41, 5.74) is 2.84. The summed E-state index contributed by atoms with van der Waals surface area (Å²) >= 11 is 3.51. The number of hydrogen-bond acceptors (Lipinski definition) is 3. The highest BCUT2D eigenvalue weighted by Gasteiger charge is 2.16. The summed E-state index contributed by atoms with van der Waals surface area (Å²) in [5.74, 6) is 2.41. The molecule has 3 heterocycles. The van der Waals surface area contributed by atoms with Crippen LogP contribution in [0.4, 0.5) is 0 Å². The van der Waals surface area contributed by atoms with Gasteiger partial charge < -0.3 is 4.57 Å². The molecule has 0 N–H and O–H groups in total. The van der Waals surface area contributed by atoms with E-state index in [4.69, 9.17) is 0 Å². The topological polar surface area (TPSA) is 34.0 Å². The largest absolute Gasteiger partial charge is 0.315 e. The molecule has 0 fully saturated rings. The molecule has 0 spiro atoms. The Morgan fingerprint density at radius 3 is 2.65 bits per heavy atom. The van der Waals surface area contributed by atoms with Crippen molar-refractivity contribution in [2.75, 3.05) is 19.6 Å². The van der Waals surface area contributed by atoms with E-state index in [0.717, 1.165) is 49.9 Å². The van der Waals surface area contributed by atoms with Gasteiger partial charge in [-0.1, -0.05) is 40.6 Å². The summed E-state index contributed by atoms with van der Waals surface area (Å²) in [5, 5.41) is 8.88. The second-order valence-electron chi connectivity index (χ2n) is 7.39. The van der Waals surface area contributed by atoms with Gasteiger partial charge in [0.25, 0.3) is 0 Å². The van der Waals surface area contributed by atoms with Gasteiger partial charge in [0, 0.05) is 36.9 Å². The summed E-state index contributed by atoms with van der Waals surface area (Å²) in [4.78, 5) is 2.56. The predicted molar refractivity (Wildman–Crippen MR) is 109 cm³/mol. The average Bonchev–Trinajstić information content (AvgIpc) is 2.89. The SMILES string of the molecule is Brc1ccc(C2=CCN(CCCc3nnc4n3CCCCC4)CC2)cc1. The molecule has 0 saturated heterocycles. The first-order valence-corrected chi connectivity index (χ1v) is 10.7. The summed E-state index contributed by atoms with van der Waals surface area (Å²) in [7, 11) is 0. The number of aromatic nitrogens is 3. The van der Waals surface area contributed by atoms with Gasteiger partial charge in [0.2, 0.25) is 0 Å². The first kappa shape index (κ1) is 17.9. The molecular formula is C21H27BrN4. The van der Waals surface area contributed by atoms with Crippen LogP contribution >= 0.6 is 15.9 Å². The van der Waals surface area contributed by atoms with Crippen LogP contribution in [-0.4, -0.2) is 39.3 Å². The number of fused-ring (bicyclic) bond motifs is 1. The van der Waals surface area contributed by atoms with E-state index in [9.17, 15) is 0 Å². The predicted octanol–water partition coefficient (Wildman–Crippen LogP) is 4.49. The molecule has 1 aromatic carbocycles. The van der Waals surface area contributed by atoms with Crippen molar-refractivity contribution in [1.29, 1.82) is 0 Å². The van der Waals surface area contributed by atoms with Crippen molar-refractivity contribution in [2.45, 2.75) is 51.5 Å². The summed E-state index contributed by atoms with van der Waals surface area (Å²) < 4.78 is 3.53. The molecule has 0 amide bonds. The van der Waals surface area contributed by atoms with Crippen LogP contribution < -0.4 is 0 Å². The molecule has 0 saturated carbocycles. The minimum absolute atomic E-state index is 1.05. The van der Waals surface area contributed by atoms with E-state index in [1.165, 1.54) is 48.5 Å². The Kier molecular flexibility index (Phi) is 5.85. The molecule has 2 aromatic rings. The number of hydrogen-bond donors (Lipinski definition) is 0. The van der Waals surface area contributed by atoms with Gasteiger partial charge in [-0.05, 0) is 55.5 Å². The Balaban J connectivity index is 1.28. The van der Waals surface area contributed by atoms with E-state index < -0.39 is 0 Å². The van der Waals surface area contributed by atoms with Crippen LogP contribution in [0.25, 0.3) is 5.57 Å². The summed E-state index contributed by atoms with van der Waals surface area (Å²) in [6.07, 6.45) is 10.7. The molecule has 4 rings (SSSR count). The lowest BCUT2D eigenvalue weighted by Crippen LogP contribution is -2.29. The lowest BCUT2D eigenvalue weighted by molar-refractivity contribution is 0.296. The molecule has 1 aromatic heterocycles. The lowest BCUT2D eigenvalue weighted by Gasteiger charge is -2.26. The number of halogens is 1. The molecule has 5 heteroatoms. The molecule has 0 aliphatic carbocycles. The highest BCUT2D eigenvalue weighted by molar-refractivity contribution is 9.10. The van der Waals surface area contributed by atoms with Crippen LogP contribution in [0.2, 0.25) is 0 Å². The minimum Gasteiger partial charge on any atom is -0.315 e. The van der Waals surface area contributed by atoms with Crippen LogP contribution in [0.3, 0.4) is 0 Å². The molecule has 4 nitrogen and oxygen atoms in total. The molecule has 0 atom stereocenters.